The molecule has 0 bridgehead atoms. The maximum absolute atomic E-state index is 14.1. The van der Waals surface area contributed by atoms with Gasteiger partial charge < -0.3 is 9.64 Å². The Morgan fingerprint density at radius 3 is 2.26 bits per heavy atom. The number of hydrogen-bond acceptors (Lipinski definition) is 3. The fraction of sp³-hybridized carbons (Fsp3) is 0.409. The molecule has 2 aromatic rings. The largest absolute Gasteiger partial charge is 0.493 e. The summed E-state index contributed by atoms with van der Waals surface area (Å²) in [5, 5.41) is 0. The van der Waals surface area contributed by atoms with Gasteiger partial charge in [0.15, 0.2) is 5.78 Å². The first kappa shape index (κ1) is 20.0. The Morgan fingerprint density at radius 2 is 1.78 bits per heavy atom. The first-order valence-corrected chi connectivity index (χ1v) is 10.1. The van der Waals surface area contributed by atoms with E-state index in [1.807, 2.05) is 0 Å². The van der Waals surface area contributed by atoms with Gasteiger partial charge in [-0.3, -0.25) is 4.79 Å². The van der Waals surface area contributed by atoms with Crippen LogP contribution in [0.1, 0.15) is 41.6 Å². The maximum atomic E-state index is 14.1. The van der Waals surface area contributed by atoms with Crippen LogP contribution >= 0.6 is 15.9 Å². The third kappa shape index (κ3) is 6.15. The third-order valence-corrected chi connectivity index (χ3v) is 5.28. The van der Waals surface area contributed by atoms with Crippen LogP contribution in [0.4, 0.5) is 4.39 Å². The predicted molar refractivity (Wildman–Crippen MR) is 109 cm³/mol. The van der Waals surface area contributed by atoms with Gasteiger partial charge in [0.2, 0.25) is 0 Å². The number of ether oxygens (including phenoxy) is 1. The van der Waals surface area contributed by atoms with E-state index < -0.39 is 5.82 Å². The van der Waals surface area contributed by atoms with Crippen molar-refractivity contribution in [3.8, 4) is 5.75 Å². The summed E-state index contributed by atoms with van der Waals surface area (Å²) in [6.07, 6.45) is 5.21. The van der Waals surface area contributed by atoms with Gasteiger partial charge in [-0.1, -0.05) is 15.9 Å². The molecule has 2 aliphatic rings. The van der Waals surface area contributed by atoms with E-state index in [1.165, 1.54) is 37.8 Å². The van der Waals surface area contributed by atoms with Gasteiger partial charge in [0, 0.05) is 22.1 Å². The van der Waals surface area contributed by atoms with Gasteiger partial charge >= 0.3 is 0 Å². The Hall–Kier alpha value is -1.72. The van der Waals surface area contributed by atoms with Crippen molar-refractivity contribution in [3.05, 3.63) is 63.9 Å². The predicted octanol–water partition coefficient (Wildman–Crippen LogP) is 5.32. The highest BCUT2D eigenvalue weighted by Gasteiger charge is 2.23. The molecular formula is C22H25BrFNO2. The minimum atomic E-state index is -0.545. The Morgan fingerprint density at radius 1 is 1.11 bits per heavy atom. The van der Waals surface area contributed by atoms with Crippen LogP contribution in [-0.4, -0.2) is 37.4 Å². The van der Waals surface area contributed by atoms with Gasteiger partial charge in [-0.2, -0.15) is 0 Å². The van der Waals surface area contributed by atoms with E-state index >= 15 is 0 Å². The van der Waals surface area contributed by atoms with Gasteiger partial charge in [-0.15, -0.1) is 0 Å². The molecule has 4 rings (SSSR count). The van der Waals surface area contributed by atoms with Crippen molar-refractivity contribution in [1.29, 1.82) is 0 Å². The average Bonchev–Trinajstić information content (AvgIpc) is 3.54. The molecule has 0 unspecified atom stereocenters. The second-order valence-electron chi connectivity index (χ2n) is 7.43. The summed E-state index contributed by atoms with van der Waals surface area (Å²) in [6, 6.07) is 12.2. The molecule has 5 heteroatoms. The zero-order chi connectivity index (χ0) is 19.4. The van der Waals surface area contributed by atoms with Crippen LogP contribution in [0.5, 0.6) is 5.75 Å². The lowest BCUT2D eigenvalue weighted by molar-refractivity contribution is 0.103. The van der Waals surface area contributed by atoms with E-state index in [9.17, 15) is 9.18 Å². The van der Waals surface area contributed by atoms with Crippen LogP contribution < -0.4 is 4.74 Å². The fourth-order valence-electron chi connectivity index (χ4n) is 2.62. The summed E-state index contributed by atoms with van der Waals surface area (Å²) >= 11 is 3.31. The number of benzene rings is 2. The quantitative estimate of drug-likeness (QED) is 0.577. The molecule has 0 N–H and O–H groups in total. The zero-order valence-corrected chi connectivity index (χ0v) is 17.3. The Bertz CT molecular complexity index is 783. The molecule has 27 heavy (non-hydrogen) atoms. The van der Waals surface area contributed by atoms with E-state index in [2.05, 4.69) is 34.9 Å². The van der Waals surface area contributed by atoms with Gasteiger partial charge in [0.05, 0.1) is 12.2 Å². The van der Waals surface area contributed by atoms with E-state index in [-0.39, 0.29) is 11.3 Å². The maximum Gasteiger partial charge on any atom is 0.195 e. The van der Waals surface area contributed by atoms with Gasteiger partial charge in [-0.25, -0.2) is 4.39 Å². The molecule has 0 aromatic heterocycles. The molecule has 0 heterocycles. The lowest BCUT2D eigenvalue weighted by Crippen LogP contribution is -2.12. The van der Waals surface area contributed by atoms with Crippen LogP contribution in [0.15, 0.2) is 46.9 Å². The lowest BCUT2D eigenvalue weighted by atomic mass is 10.0. The van der Waals surface area contributed by atoms with E-state index in [0.29, 0.717) is 23.8 Å². The van der Waals surface area contributed by atoms with Gasteiger partial charge in [0.1, 0.15) is 11.6 Å². The highest BCUT2D eigenvalue weighted by Crippen LogP contribution is 2.30. The number of ketones is 1. The topological polar surface area (TPSA) is 29.5 Å². The fourth-order valence-corrected chi connectivity index (χ4v) is 2.88. The average molecular weight is 434 g/mol. The molecule has 0 radical (unpaired) electrons. The Labute approximate surface area is 168 Å². The summed E-state index contributed by atoms with van der Waals surface area (Å²) in [5.74, 6) is 0.217. The molecule has 144 valence electrons. The second kappa shape index (κ2) is 8.98. The number of carbonyl (C=O) groups is 1. The first-order valence-electron chi connectivity index (χ1n) is 9.33. The molecule has 0 aliphatic heterocycles. The van der Waals surface area contributed by atoms with Crippen molar-refractivity contribution < 1.29 is 13.9 Å². The molecule has 2 aromatic carbocycles. The molecule has 3 nitrogen and oxygen atoms in total. The summed E-state index contributed by atoms with van der Waals surface area (Å²) in [7, 11) is 4.27. The zero-order valence-electron chi connectivity index (χ0n) is 15.8. The monoisotopic (exact) mass is 433 g/mol. The lowest BCUT2D eigenvalue weighted by Gasteiger charge is -2.08. The van der Waals surface area contributed by atoms with Crippen molar-refractivity contribution >= 4 is 21.7 Å². The molecule has 2 saturated carbocycles. The molecule has 2 fully saturated rings. The van der Waals surface area contributed by atoms with Gasteiger partial charge in [-0.05, 0) is 82.1 Å². The number of carbonyl (C=O) groups excluding carboxylic acids is 1. The Kier molecular flexibility index (Phi) is 6.66. The summed E-state index contributed by atoms with van der Waals surface area (Å²) in [5.41, 5.74) is 0.528. The Balaban J connectivity index is 0.000000299. The van der Waals surface area contributed by atoms with E-state index in [1.54, 1.807) is 30.3 Å². The summed E-state index contributed by atoms with van der Waals surface area (Å²) in [4.78, 5) is 14.5. The molecular weight excluding hydrogens is 409 g/mol. The second-order valence-corrected chi connectivity index (χ2v) is 8.34. The highest BCUT2D eigenvalue weighted by atomic mass is 79.9. The van der Waals surface area contributed by atoms with Crippen molar-refractivity contribution in [2.24, 2.45) is 5.92 Å². The number of rotatable bonds is 6. The first-order chi connectivity index (χ1) is 12.9. The highest BCUT2D eigenvalue weighted by molar-refractivity contribution is 9.10. The van der Waals surface area contributed by atoms with E-state index in [0.717, 1.165) is 10.5 Å². The van der Waals surface area contributed by atoms with Crippen molar-refractivity contribution in [2.75, 3.05) is 20.7 Å². The molecule has 0 amide bonds. The van der Waals surface area contributed by atoms with Crippen LogP contribution in [-0.2, 0) is 0 Å². The van der Waals surface area contributed by atoms with Crippen molar-refractivity contribution in [1.82, 2.24) is 4.90 Å². The minimum Gasteiger partial charge on any atom is -0.493 e. The normalized spacial score (nSPS) is 15.9. The molecule has 0 spiro atoms. The molecule has 0 saturated heterocycles. The van der Waals surface area contributed by atoms with Crippen LogP contribution in [0, 0.1) is 11.7 Å². The minimum absolute atomic E-state index is 0.0658. The number of halogens is 2. The van der Waals surface area contributed by atoms with Crippen LogP contribution in [0.3, 0.4) is 0 Å². The third-order valence-electron chi connectivity index (χ3n) is 4.75. The van der Waals surface area contributed by atoms with Crippen molar-refractivity contribution in [2.45, 2.75) is 31.7 Å². The van der Waals surface area contributed by atoms with Gasteiger partial charge in [0.25, 0.3) is 0 Å². The van der Waals surface area contributed by atoms with E-state index in [4.69, 9.17) is 4.74 Å². The van der Waals surface area contributed by atoms with Crippen LogP contribution in [0.25, 0.3) is 0 Å². The number of nitrogens with zero attached hydrogens (tertiary/aromatic N) is 1. The number of hydrogen-bond donors (Lipinski definition) is 0. The summed E-state index contributed by atoms with van der Waals surface area (Å²) in [6.45, 7) is 0.624. The SMILES string of the molecule is CN(C)C1CC1.O=C(c1ccc(Br)cc1)c1ccc(OCC2CC2)cc1F. The summed E-state index contributed by atoms with van der Waals surface area (Å²) < 4.78 is 20.5. The molecule has 2 aliphatic carbocycles. The van der Waals surface area contributed by atoms with Crippen LogP contribution in [0.2, 0.25) is 0 Å². The molecule has 0 atom stereocenters. The van der Waals surface area contributed by atoms with Crippen molar-refractivity contribution in [3.63, 3.8) is 0 Å². The smallest absolute Gasteiger partial charge is 0.195 e. The standard InChI is InChI=1S/C17H14BrFO2.C5H11N/c18-13-5-3-12(4-6-13)17(20)15-8-7-14(9-16(15)19)21-10-11-1-2-11;1-6(2)5-3-4-5/h3-9,11H,1-2,10H2;5H,3-4H2,1-2H3.